The molecular weight excluding hydrogens is 348 g/mol. The van der Waals surface area contributed by atoms with Crippen LogP contribution in [0.1, 0.15) is 23.7 Å². The second-order valence-corrected chi connectivity index (χ2v) is 5.94. The Kier molecular flexibility index (Phi) is 5.07. The first-order valence-electron chi connectivity index (χ1n) is 8.08. The summed E-state index contributed by atoms with van der Waals surface area (Å²) < 4.78 is 5.65. The van der Waals surface area contributed by atoms with Gasteiger partial charge in [-0.3, -0.25) is 10.2 Å². The van der Waals surface area contributed by atoms with Crippen molar-refractivity contribution in [3.63, 3.8) is 0 Å². The molecule has 8 nitrogen and oxygen atoms in total. The van der Waals surface area contributed by atoms with E-state index in [2.05, 4.69) is 15.5 Å². The molecule has 8 heteroatoms. The first-order valence-corrected chi connectivity index (χ1v) is 8.08. The van der Waals surface area contributed by atoms with Crippen molar-refractivity contribution in [2.45, 2.75) is 13.3 Å². The van der Waals surface area contributed by atoms with Crippen molar-refractivity contribution in [3.8, 4) is 22.9 Å². The number of amides is 1. The van der Waals surface area contributed by atoms with Crippen molar-refractivity contribution in [1.82, 2.24) is 10.2 Å². The number of carboxylic acids is 1. The summed E-state index contributed by atoms with van der Waals surface area (Å²) in [7, 11) is 0. The van der Waals surface area contributed by atoms with Crippen LogP contribution in [0, 0.1) is 0 Å². The highest BCUT2D eigenvalue weighted by atomic mass is 16.4. The number of rotatable bonds is 6. The summed E-state index contributed by atoms with van der Waals surface area (Å²) >= 11 is 0. The molecule has 1 amide bonds. The van der Waals surface area contributed by atoms with Gasteiger partial charge in [-0.15, -0.1) is 10.2 Å². The molecule has 0 unspecified atom stereocenters. The quantitative estimate of drug-likeness (QED) is 0.569. The van der Waals surface area contributed by atoms with E-state index in [-0.39, 0.29) is 23.8 Å². The summed E-state index contributed by atoms with van der Waals surface area (Å²) in [6.07, 6.45) is 0.162. The zero-order valence-electron chi connectivity index (χ0n) is 14.5. The fourth-order valence-corrected chi connectivity index (χ4v) is 2.37. The number of carbonyl (C=O) groups excluding carboxylic acids is 1. The van der Waals surface area contributed by atoms with Gasteiger partial charge in [-0.25, -0.2) is 4.79 Å². The molecule has 0 aliphatic heterocycles. The summed E-state index contributed by atoms with van der Waals surface area (Å²) in [5.41, 5.74) is 2.66. The second kappa shape index (κ2) is 7.61. The number of aromatic carboxylic acids is 1. The summed E-state index contributed by atoms with van der Waals surface area (Å²) in [4.78, 5) is 22.6. The minimum absolute atomic E-state index is 0.162. The van der Waals surface area contributed by atoms with E-state index in [4.69, 9.17) is 14.9 Å². The standard InChI is InChI=1S/C19H16N4O4/c1-11(20)10-16(24)21-15-8-6-13(7-9-15)18-23-22-17(27-18)12-2-4-14(5-3-12)19(25)26/h2-9,20H,10H2,1H3,(H,21,24)(H,25,26)/p+1. The van der Waals surface area contributed by atoms with Crippen LogP contribution in [0.2, 0.25) is 0 Å². The third kappa shape index (κ3) is 4.43. The fourth-order valence-electron chi connectivity index (χ4n) is 2.37. The van der Waals surface area contributed by atoms with E-state index in [0.717, 1.165) is 0 Å². The Balaban J connectivity index is 1.73. The van der Waals surface area contributed by atoms with Gasteiger partial charge in [0.1, 0.15) is 6.42 Å². The number of benzene rings is 2. The van der Waals surface area contributed by atoms with E-state index < -0.39 is 5.97 Å². The zero-order valence-corrected chi connectivity index (χ0v) is 14.5. The maximum Gasteiger partial charge on any atom is 0.335 e. The highest BCUT2D eigenvalue weighted by molar-refractivity contribution is 6.03. The minimum Gasteiger partial charge on any atom is -0.478 e. The Morgan fingerprint density at radius 2 is 1.52 bits per heavy atom. The predicted molar refractivity (Wildman–Crippen MR) is 98.0 cm³/mol. The van der Waals surface area contributed by atoms with Gasteiger partial charge in [0.25, 0.3) is 0 Å². The molecule has 0 aliphatic carbocycles. The molecule has 0 saturated heterocycles. The second-order valence-electron chi connectivity index (χ2n) is 5.94. The summed E-state index contributed by atoms with van der Waals surface area (Å²) in [5, 5.41) is 25.2. The van der Waals surface area contributed by atoms with Gasteiger partial charge >= 0.3 is 5.97 Å². The Bertz CT molecular complexity index is 991. The molecule has 0 aliphatic rings. The molecule has 0 saturated carbocycles. The van der Waals surface area contributed by atoms with Gasteiger partial charge in [-0.05, 0) is 48.5 Å². The number of anilines is 1. The summed E-state index contributed by atoms with van der Waals surface area (Å²) in [5.74, 6) is -0.586. The van der Waals surface area contributed by atoms with Crippen molar-refractivity contribution in [2.75, 3.05) is 5.32 Å². The Morgan fingerprint density at radius 3 is 2.00 bits per heavy atom. The van der Waals surface area contributed by atoms with E-state index in [1.54, 1.807) is 43.3 Å². The zero-order chi connectivity index (χ0) is 19.4. The monoisotopic (exact) mass is 365 g/mol. The number of hydrogen-bond acceptors (Lipinski definition) is 5. The van der Waals surface area contributed by atoms with Gasteiger partial charge in [0, 0.05) is 23.7 Å². The molecule has 3 rings (SSSR count). The van der Waals surface area contributed by atoms with Crippen molar-refractivity contribution in [2.24, 2.45) is 0 Å². The van der Waals surface area contributed by atoms with Gasteiger partial charge in [0.15, 0.2) is 5.71 Å². The molecule has 0 fully saturated rings. The van der Waals surface area contributed by atoms with Gasteiger partial charge in [-0.2, -0.15) is 0 Å². The normalized spacial score (nSPS) is 10.4. The van der Waals surface area contributed by atoms with Crippen LogP contribution in [0.5, 0.6) is 0 Å². The molecular formula is C19H17N4O4+. The smallest absolute Gasteiger partial charge is 0.335 e. The topological polar surface area (TPSA) is 131 Å². The lowest BCUT2D eigenvalue weighted by atomic mass is 10.1. The average molecular weight is 365 g/mol. The SMILES string of the molecule is CC(=[NH2+])CC(=O)Nc1ccc(-c2nnc(-c3ccc(C(=O)O)cc3)o2)cc1. The van der Waals surface area contributed by atoms with Crippen LogP contribution < -0.4 is 10.7 Å². The molecule has 0 spiro atoms. The number of nitrogens with two attached hydrogens (primary N) is 1. The molecule has 0 radical (unpaired) electrons. The van der Waals surface area contributed by atoms with Crippen molar-refractivity contribution < 1.29 is 24.5 Å². The lowest BCUT2D eigenvalue weighted by molar-refractivity contribution is -0.124. The third-order valence-corrected chi connectivity index (χ3v) is 3.66. The summed E-state index contributed by atoms with van der Waals surface area (Å²) in [6.45, 7) is 1.69. The molecule has 3 aromatic rings. The maximum atomic E-state index is 11.7. The Labute approximate surface area is 154 Å². The summed E-state index contributed by atoms with van der Waals surface area (Å²) in [6, 6.07) is 13.1. The number of nitrogens with one attached hydrogen (secondary N) is 1. The third-order valence-electron chi connectivity index (χ3n) is 3.66. The maximum absolute atomic E-state index is 11.7. The molecule has 2 aromatic carbocycles. The number of hydrogen-bond donors (Lipinski definition) is 3. The Morgan fingerprint density at radius 1 is 1.00 bits per heavy atom. The number of carboxylic acid groups (broad SMARTS) is 1. The molecule has 0 bridgehead atoms. The number of carbonyl (C=O) groups is 2. The molecule has 27 heavy (non-hydrogen) atoms. The lowest BCUT2D eigenvalue weighted by Gasteiger charge is -2.03. The van der Waals surface area contributed by atoms with E-state index in [1.807, 2.05) is 0 Å². The first kappa shape index (κ1) is 18.0. The van der Waals surface area contributed by atoms with Crippen LogP contribution in [0.4, 0.5) is 5.69 Å². The van der Waals surface area contributed by atoms with Gasteiger partial charge in [0.2, 0.25) is 17.7 Å². The van der Waals surface area contributed by atoms with Crippen LogP contribution in [0.15, 0.2) is 52.9 Å². The lowest BCUT2D eigenvalue weighted by Crippen LogP contribution is -2.39. The fraction of sp³-hybridized carbons (Fsp3) is 0.105. The highest BCUT2D eigenvalue weighted by Gasteiger charge is 2.12. The Hall–Kier alpha value is -3.81. The highest BCUT2D eigenvalue weighted by Crippen LogP contribution is 2.25. The molecule has 4 N–H and O–H groups in total. The van der Waals surface area contributed by atoms with Crippen molar-refractivity contribution >= 4 is 23.3 Å². The van der Waals surface area contributed by atoms with E-state index in [1.165, 1.54) is 12.1 Å². The van der Waals surface area contributed by atoms with E-state index >= 15 is 0 Å². The molecule has 1 aromatic heterocycles. The van der Waals surface area contributed by atoms with Crippen molar-refractivity contribution in [1.29, 1.82) is 0 Å². The van der Waals surface area contributed by atoms with Crippen LogP contribution in [0.25, 0.3) is 22.9 Å². The first-order chi connectivity index (χ1) is 12.9. The minimum atomic E-state index is -1.00. The van der Waals surface area contributed by atoms with Gasteiger partial charge in [0.05, 0.1) is 5.56 Å². The largest absolute Gasteiger partial charge is 0.478 e. The molecule has 136 valence electrons. The van der Waals surface area contributed by atoms with Crippen LogP contribution in [-0.4, -0.2) is 32.9 Å². The average Bonchev–Trinajstić information content (AvgIpc) is 3.12. The van der Waals surface area contributed by atoms with Crippen molar-refractivity contribution in [3.05, 3.63) is 54.1 Å². The number of nitrogens with zero attached hydrogens (tertiary/aromatic N) is 2. The van der Waals surface area contributed by atoms with Crippen LogP contribution >= 0.6 is 0 Å². The van der Waals surface area contributed by atoms with E-state index in [0.29, 0.717) is 28.4 Å². The predicted octanol–water partition coefficient (Wildman–Crippen LogP) is 1.65. The van der Waals surface area contributed by atoms with E-state index in [9.17, 15) is 9.59 Å². The molecule has 0 atom stereocenters. The molecule has 1 heterocycles. The van der Waals surface area contributed by atoms with Crippen LogP contribution in [0.3, 0.4) is 0 Å². The number of aromatic nitrogens is 2. The van der Waals surface area contributed by atoms with Crippen LogP contribution in [-0.2, 0) is 4.79 Å². The van der Waals surface area contributed by atoms with Gasteiger partial charge < -0.3 is 14.8 Å². The van der Waals surface area contributed by atoms with Gasteiger partial charge in [-0.1, -0.05) is 0 Å².